The largest absolute Gasteiger partial charge is 0.385 e. The molecule has 1 rings (SSSR count). The number of nitriles is 1. The van der Waals surface area contributed by atoms with E-state index in [0.717, 1.165) is 44.0 Å². The van der Waals surface area contributed by atoms with E-state index in [2.05, 4.69) is 41.2 Å². The second-order valence-corrected chi connectivity index (χ2v) is 4.24. The minimum absolute atomic E-state index is 0.571. The molecule has 0 amide bonds. The van der Waals surface area contributed by atoms with Crippen molar-refractivity contribution >= 4 is 5.69 Å². The Kier molecular flexibility index (Phi) is 6.82. The maximum absolute atomic E-state index is 8.62. The Morgan fingerprint density at radius 3 is 2.94 bits per heavy atom. The second kappa shape index (κ2) is 8.48. The summed E-state index contributed by atoms with van der Waals surface area (Å²) < 4.78 is 0. The van der Waals surface area contributed by atoms with Crippen LogP contribution in [0.2, 0.25) is 0 Å². The lowest BCUT2D eigenvalue weighted by molar-refractivity contribution is 0.283. The van der Waals surface area contributed by atoms with Crippen LogP contribution in [0.5, 0.6) is 0 Å². The molecule has 1 aromatic rings. The molecule has 4 nitrogen and oxygen atoms in total. The van der Waals surface area contributed by atoms with E-state index < -0.39 is 0 Å². The highest BCUT2D eigenvalue weighted by Crippen LogP contribution is 2.10. The van der Waals surface area contributed by atoms with Gasteiger partial charge < -0.3 is 5.32 Å². The normalized spacial score (nSPS) is 10.3. The molecular weight excluding hydrogens is 224 g/mol. The molecule has 0 aliphatic rings. The number of pyridine rings is 1. The number of anilines is 1. The third kappa shape index (κ3) is 5.15. The number of nitrogens with one attached hydrogen (secondary N) is 1. The molecule has 0 radical (unpaired) electrons. The van der Waals surface area contributed by atoms with Gasteiger partial charge in [0.2, 0.25) is 0 Å². The monoisotopic (exact) mass is 246 g/mol. The fourth-order valence-corrected chi connectivity index (χ4v) is 1.73. The summed E-state index contributed by atoms with van der Waals surface area (Å²) in [7, 11) is 0. The number of hydrogen-bond donors (Lipinski definition) is 1. The summed E-state index contributed by atoms with van der Waals surface area (Å²) in [6.07, 6.45) is 3.52. The highest BCUT2D eigenvalue weighted by molar-refractivity contribution is 5.43. The maximum Gasteiger partial charge on any atom is 0.0635 e. The zero-order valence-electron chi connectivity index (χ0n) is 11.3. The van der Waals surface area contributed by atoms with Gasteiger partial charge in [-0.1, -0.05) is 13.8 Å². The van der Waals surface area contributed by atoms with Gasteiger partial charge in [-0.05, 0) is 25.1 Å². The van der Waals surface area contributed by atoms with E-state index in [9.17, 15) is 0 Å². The Morgan fingerprint density at radius 2 is 2.28 bits per heavy atom. The fourth-order valence-electron chi connectivity index (χ4n) is 1.73. The van der Waals surface area contributed by atoms with Crippen molar-refractivity contribution in [1.82, 2.24) is 9.88 Å². The van der Waals surface area contributed by atoms with Crippen molar-refractivity contribution in [2.75, 3.05) is 25.0 Å². The van der Waals surface area contributed by atoms with Crippen LogP contribution in [-0.4, -0.2) is 29.5 Å². The van der Waals surface area contributed by atoms with Gasteiger partial charge in [0.15, 0.2) is 0 Å². The van der Waals surface area contributed by atoms with Crippen molar-refractivity contribution in [3.05, 3.63) is 24.0 Å². The molecular formula is C14H22N4. The van der Waals surface area contributed by atoms with Crippen LogP contribution in [0.15, 0.2) is 18.3 Å². The highest BCUT2D eigenvalue weighted by atomic mass is 15.1. The van der Waals surface area contributed by atoms with E-state index in [1.54, 1.807) is 0 Å². The number of rotatable bonds is 8. The van der Waals surface area contributed by atoms with Crippen LogP contribution in [0.1, 0.15) is 32.4 Å². The Bertz CT molecular complexity index is 384. The molecule has 0 saturated carbocycles. The van der Waals surface area contributed by atoms with Gasteiger partial charge in [-0.25, -0.2) is 0 Å². The molecule has 1 aromatic heterocycles. The van der Waals surface area contributed by atoms with Crippen LogP contribution in [-0.2, 0) is 6.54 Å². The molecule has 1 N–H and O–H groups in total. The van der Waals surface area contributed by atoms with Crippen LogP contribution in [0.4, 0.5) is 5.69 Å². The average Bonchev–Trinajstić information content (AvgIpc) is 2.41. The molecule has 0 saturated heterocycles. The molecule has 0 aliphatic carbocycles. The lowest BCUT2D eigenvalue weighted by atomic mass is 10.2. The summed E-state index contributed by atoms with van der Waals surface area (Å²) in [6.45, 7) is 7.79. The van der Waals surface area contributed by atoms with Crippen LogP contribution < -0.4 is 5.32 Å². The third-order valence-corrected chi connectivity index (χ3v) is 2.77. The van der Waals surface area contributed by atoms with Gasteiger partial charge in [-0.15, -0.1) is 0 Å². The average molecular weight is 246 g/mol. The van der Waals surface area contributed by atoms with E-state index in [0.29, 0.717) is 6.42 Å². The molecule has 0 bridgehead atoms. The Morgan fingerprint density at radius 1 is 1.44 bits per heavy atom. The third-order valence-electron chi connectivity index (χ3n) is 2.77. The summed E-state index contributed by atoms with van der Waals surface area (Å²) in [5, 5.41) is 12.0. The standard InChI is InChI=1S/C14H22N4/c1-3-8-16-13-6-9-17-14(11-13)12-18(4-2)10-5-7-15/h6,9,11H,3-5,8,10,12H2,1-2H3,(H,16,17). The maximum atomic E-state index is 8.62. The van der Waals surface area contributed by atoms with Crippen molar-refractivity contribution in [3.8, 4) is 6.07 Å². The zero-order chi connectivity index (χ0) is 13.2. The first-order valence-electron chi connectivity index (χ1n) is 6.58. The molecule has 0 atom stereocenters. The Labute approximate surface area is 110 Å². The highest BCUT2D eigenvalue weighted by Gasteiger charge is 2.04. The van der Waals surface area contributed by atoms with Crippen molar-refractivity contribution in [3.63, 3.8) is 0 Å². The van der Waals surface area contributed by atoms with Gasteiger partial charge in [0.25, 0.3) is 0 Å². The van der Waals surface area contributed by atoms with Gasteiger partial charge in [-0.3, -0.25) is 9.88 Å². The summed E-state index contributed by atoms with van der Waals surface area (Å²) in [4.78, 5) is 6.61. The van der Waals surface area contributed by atoms with Crippen LogP contribution in [0, 0.1) is 11.3 Å². The van der Waals surface area contributed by atoms with E-state index in [1.165, 1.54) is 0 Å². The number of aromatic nitrogens is 1. The van der Waals surface area contributed by atoms with Gasteiger partial charge in [-0.2, -0.15) is 5.26 Å². The van der Waals surface area contributed by atoms with E-state index in [-0.39, 0.29) is 0 Å². The molecule has 98 valence electrons. The first-order chi connectivity index (χ1) is 8.80. The van der Waals surface area contributed by atoms with Gasteiger partial charge in [0.05, 0.1) is 11.8 Å². The van der Waals surface area contributed by atoms with E-state index >= 15 is 0 Å². The Balaban J connectivity index is 2.57. The SMILES string of the molecule is CCCNc1ccnc(CN(CC)CCC#N)c1. The summed E-state index contributed by atoms with van der Waals surface area (Å²) in [6, 6.07) is 6.26. The molecule has 18 heavy (non-hydrogen) atoms. The van der Waals surface area contributed by atoms with Gasteiger partial charge >= 0.3 is 0 Å². The predicted octanol–water partition coefficient (Wildman–Crippen LogP) is 2.64. The van der Waals surface area contributed by atoms with Crippen molar-refractivity contribution in [2.24, 2.45) is 0 Å². The number of nitrogens with zero attached hydrogens (tertiary/aromatic N) is 3. The topological polar surface area (TPSA) is 52.0 Å². The second-order valence-electron chi connectivity index (χ2n) is 4.24. The zero-order valence-corrected chi connectivity index (χ0v) is 11.3. The molecule has 0 aliphatic heterocycles. The summed E-state index contributed by atoms with van der Waals surface area (Å²) in [5.41, 5.74) is 2.18. The first kappa shape index (κ1) is 14.5. The smallest absolute Gasteiger partial charge is 0.0635 e. The van der Waals surface area contributed by atoms with Crippen LogP contribution in [0.25, 0.3) is 0 Å². The molecule has 0 fully saturated rings. The Hall–Kier alpha value is -1.60. The van der Waals surface area contributed by atoms with E-state index in [1.807, 2.05) is 12.3 Å². The van der Waals surface area contributed by atoms with Crippen molar-refractivity contribution in [2.45, 2.75) is 33.2 Å². The van der Waals surface area contributed by atoms with Gasteiger partial charge in [0.1, 0.15) is 0 Å². The minimum atomic E-state index is 0.571. The van der Waals surface area contributed by atoms with Crippen LogP contribution >= 0.6 is 0 Å². The molecule has 0 aromatic carbocycles. The number of hydrogen-bond acceptors (Lipinski definition) is 4. The lowest BCUT2D eigenvalue weighted by Gasteiger charge is -2.18. The first-order valence-corrected chi connectivity index (χ1v) is 6.58. The summed E-state index contributed by atoms with van der Waals surface area (Å²) in [5.74, 6) is 0. The minimum Gasteiger partial charge on any atom is -0.385 e. The summed E-state index contributed by atoms with van der Waals surface area (Å²) >= 11 is 0. The quantitative estimate of drug-likeness (QED) is 0.766. The van der Waals surface area contributed by atoms with Crippen molar-refractivity contribution < 1.29 is 0 Å². The van der Waals surface area contributed by atoms with Crippen molar-refractivity contribution in [1.29, 1.82) is 5.26 Å². The lowest BCUT2D eigenvalue weighted by Crippen LogP contribution is -2.24. The molecule has 0 unspecified atom stereocenters. The molecule has 1 heterocycles. The molecule has 0 spiro atoms. The molecule has 4 heteroatoms. The fraction of sp³-hybridized carbons (Fsp3) is 0.571. The van der Waals surface area contributed by atoms with Crippen LogP contribution in [0.3, 0.4) is 0 Å². The van der Waals surface area contributed by atoms with Gasteiger partial charge in [0, 0.05) is 37.9 Å². The predicted molar refractivity (Wildman–Crippen MR) is 74.2 cm³/mol. The van der Waals surface area contributed by atoms with E-state index in [4.69, 9.17) is 5.26 Å².